The van der Waals surface area contributed by atoms with E-state index in [0.717, 1.165) is 6.08 Å². The summed E-state index contributed by atoms with van der Waals surface area (Å²) in [5, 5.41) is 0. The van der Waals surface area contributed by atoms with Gasteiger partial charge >= 0.3 is 58.4 Å². The summed E-state index contributed by atoms with van der Waals surface area (Å²) in [4.78, 5) is 0. The Kier molecular flexibility index (Phi) is 4.55. The van der Waals surface area contributed by atoms with E-state index in [1.54, 1.807) is 0 Å². The number of sulfone groups is 1. The van der Waals surface area contributed by atoms with Crippen molar-refractivity contribution >= 4 is 16.8 Å². The van der Waals surface area contributed by atoms with Gasteiger partial charge in [0, 0.05) is 5.75 Å². The molecule has 0 amide bonds. The Labute approximate surface area is 111 Å². The van der Waals surface area contributed by atoms with Crippen LogP contribution >= 0.6 is 0 Å². The average Bonchev–Trinajstić information content (AvgIpc) is 2.07. The average molecular weight is 224 g/mol. The second kappa shape index (κ2) is 4.14. The maximum Gasteiger partial charge on any atom is 1.00 e. The maximum absolute atomic E-state index is 11.8. The molecule has 1 heterocycles. The van der Waals surface area contributed by atoms with Gasteiger partial charge in [-0.1, -0.05) is 6.08 Å². The molecule has 0 aliphatic carbocycles. The third-order valence-electron chi connectivity index (χ3n) is 1.41. The molecule has 0 aromatic rings. The quantitative estimate of drug-likeness (QED) is 0.471. The standard InChI is InChI=1S/C4H5BF3O2S.K/c6-5(7,8)4-1-2-11(9,10)3-4;/h1H,2-3H2;/q-1;+1. The molecule has 1 aliphatic heterocycles. The van der Waals surface area contributed by atoms with Gasteiger partial charge in [0.25, 0.3) is 0 Å². The summed E-state index contributed by atoms with van der Waals surface area (Å²) in [7, 11) is -3.48. The molecular formula is C4H5BF3KO2S. The molecule has 2 nitrogen and oxygen atoms in total. The van der Waals surface area contributed by atoms with Crippen LogP contribution in [0, 0.1) is 0 Å². The summed E-state index contributed by atoms with van der Waals surface area (Å²) in [6.07, 6.45) is 0.745. The van der Waals surface area contributed by atoms with E-state index in [-0.39, 0.29) is 51.4 Å². The zero-order valence-electron chi connectivity index (χ0n) is 6.43. The van der Waals surface area contributed by atoms with Gasteiger partial charge < -0.3 is 12.9 Å². The minimum absolute atomic E-state index is 0. The first kappa shape index (κ1) is 13.2. The van der Waals surface area contributed by atoms with Crippen LogP contribution in [0.15, 0.2) is 11.5 Å². The van der Waals surface area contributed by atoms with Gasteiger partial charge in [0.1, 0.15) is 0 Å². The first-order chi connectivity index (χ1) is 4.81. The molecule has 64 valence electrons. The zero-order valence-corrected chi connectivity index (χ0v) is 10.4. The topological polar surface area (TPSA) is 34.1 Å². The van der Waals surface area contributed by atoms with Gasteiger partial charge in [-0.15, -0.1) is 5.47 Å². The molecule has 1 rings (SSSR count). The normalized spacial score (nSPS) is 21.4. The van der Waals surface area contributed by atoms with Crippen molar-refractivity contribution in [2.45, 2.75) is 0 Å². The molecule has 0 fully saturated rings. The summed E-state index contributed by atoms with van der Waals surface area (Å²) in [5.74, 6) is -1.31. The Morgan fingerprint density at radius 3 is 2.00 bits per heavy atom. The maximum atomic E-state index is 11.8. The van der Waals surface area contributed by atoms with Crippen molar-refractivity contribution in [2.75, 3.05) is 11.5 Å². The number of halogens is 3. The van der Waals surface area contributed by atoms with Gasteiger partial charge in [0.15, 0.2) is 9.84 Å². The molecule has 0 N–H and O–H groups in total. The second-order valence-corrected chi connectivity index (χ2v) is 4.52. The Hall–Kier alpha value is 1.18. The SMILES string of the molecule is O=S1(=O)CC=C([B-](F)(F)F)C1.[K+]. The van der Waals surface area contributed by atoms with E-state index in [2.05, 4.69) is 0 Å². The minimum atomic E-state index is -5.09. The van der Waals surface area contributed by atoms with Crippen LogP contribution < -0.4 is 51.4 Å². The molecule has 0 atom stereocenters. The van der Waals surface area contributed by atoms with E-state index in [0.29, 0.717) is 0 Å². The van der Waals surface area contributed by atoms with Crippen LogP contribution in [0.2, 0.25) is 0 Å². The molecule has 0 bridgehead atoms. The molecule has 0 saturated heterocycles. The molecule has 0 saturated carbocycles. The largest absolute Gasteiger partial charge is 1.00 e. The molecule has 0 spiro atoms. The van der Waals surface area contributed by atoms with Crippen molar-refractivity contribution in [1.29, 1.82) is 0 Å². The summed E-state index contributed by atoms with van der Waals surface area (Å²) in [6.45, 7) is -5.09. The summed E-state index contributed by atoms with van der Waals surface area (Å²) in [5.41, 5.74) is -0.884. The monoisotopic (exact) mass is 224 g/mol. The van der Waals surface area contributed by atoms with Crippen molar-refractivity contribution in [2.24, 2.45) is 0 Å². The van der Waals surface area contributed by atoms with Gasteiger partial charge in [-0.05, 0) is 0 Å². The third kappa shape index (κ3) is 3.51. The molecule has 0 aromatic heterocycles. The predicted octanol–water partition coefficient (Wildman–Crippen LogP) is -2.27. The van der Waals surface area contributed by atoms with Crippen molar-refractivity contribution in [3.63, 3.8) is 0 Å². The van der Waals surface area contributed by atoms with Crippen LogP contribution in [0.25, 0.3) is 0 Å². The molecular weight excluding hydrogens is 219 g/mol. The van der Waals surface area contributed by atoms with Crippen LogP contribution in [0.3, 0.4) is 0 Å². The van der Waals surface area contributed by atoms with E-state index >= 15 is 0 Å². The van der Waals surface area contributed by atoms with Gasteiger partial charge in [0.05, 0.1) is 5.75 Å². The van der Waals surface area contributed by atoms with Gasteiger partial charge in [-0.3, -0.25) is 0 Å². The van der Waals surface area contributed by atoms with Crippen LogP contribution in [-0.4, -0.2) is 26.9 Å². The van der Waals surface area contributed by atoms with Crippen molar-refractivity contribution in [3.05, 3.63) is 11.5 Å². The van der Waals surface area contributed by atoms with E-state index in [1.165, 1.54) is 0 Å². The van der Waals surface area contributed by atoms with E-state index in [9.17, 15) is 21.4 Å². The van der Waals surface area contributed by atoms with Crippen molar-refractivity contribution < 1.29 is 72.7 Å². The smallest absolute Gasteiger partial charge is 0.445 e. The Balaban J connectivity index is 0.00000121. The fraction of sp³-hybridized carbons (Fsp3) is 0.500. The first-order valence-corrected chi connectivity index (χ1v) is 4.73. The van der Waals surface area contributed by atoms with Gasteiger partial charge in [0.2, 0.25) is 0 Å². The van der Waals surface area contributed by atoms with E-state index < -0.39 is 33.8 Å². The fourth-order valence-electron chi connectivity index (χ4n) is 0.834. The first-order valence-electron chi connectivity index (χ1n) is 2.90. The van der Waals surface area contributed by atoms with Crippen LogP contribution in [0.1, 0.15) is 0 Å². The van der Waals surface area contributed by atoms with Gasteiger partial charge in [-0.2, -0.15) is 0 Å². The van der Waals surface area contributed by atoms with Gasteiger partial charge in [-0.25, -0.2) is 8.42 Å². The number of hydrogen-bond acceptors (Lipinski definition) is 2. The Bertz CT molecular complexity index is 294. The molecule has 0 aromatic carbocycles. The molecule has 8 heteroatoms. The number of rotatable bonds is 1. The second-order valence-electron chi connectivity index (χ2n) is 2.41. The Morgan fingerprint density at radius 2 is 1.83 bits per heavy atom. The third-order valence-corrected chi connectivity index (χ3v) is 2.85. The Morgan fingerprint density at radius 1 is 1.33 bits per heavy atom. The summed E-state index contributed by atoms with van der Waals surface area (Å²) < 4.78 is 56.6. The summed E-state index contributed by atoms with van der Waals surface area (Å²) >= 11 is 0. The minimum Gasteiger partial charge on any atom is -0.445 e. The van der Waals surface area contributed by atoms with E-state index in [1.807, 2.05) is 0 Å². The molecule has 0 unspecified atom stereocenters. The predicted molar refractivity (Wildman–Crippen MR) is 35.8 cm³/mol. The number of hydrogen-bond donors (Lipinski definition) is 0. The van der Waals surface area contributed by atoms with Crippen molar-refractivity contribution in [1.82, 2.24) is 0 Å². The van der Waals surface area contributed by atoms with Crippen LogP contribution in [0.4, 0.5) is 12.9 Å². The zero-order chi connectivity index (χ0) is 8.70. The van der Waals surface area contributed by atoms with E-state index in [4.69, 9.17) is 0 Å². The van der Waals surface area contributed by atoms with Crippen LogP contribution in [0.5, 0.6) is 0 Å². The van der Waals surface area contributed by atoms with Crippen LogP contribution in [-0.2, 0) is 9.84 Å². The van der Waals surface area contributed by atoms with Crippen molar-refractivity contribution in [3.8, 4) is 0 Å². The molecule has 12 heavy (non-hydrogen) atoms. The summed E-state index contributed by atoms with van der Waals surface area (Å²) in [6, 6.07) is 0. The molecule has 0 radical (unpaired) electrons. The fourth-order valence-corrected chi connectivity index (χ4v) is 2.23. The molecule has 1 aliphatic rings.